The Morgan fingerprint density at radius 3 is 2.04 bits per heavy atom. The predicted molar refractivity (Wildman–Crippen MR) is 104 cm³/mol. The molecule has 0 bridgehead atoms. The number of rotatable bonds is 8. The van der Waals surface area contributed by atoms with Crippen molar-refractivity contribution in [1.29, 1.82) is 0 Å². The monoisotopic (exact) mass is 407 g/mol. The van der Waals surface area contributed by atoms with E-state index in [1.165, 1.54) is 38.4 Å². The molecule has 0 N–H and O–H groups in total. The summed E-state index contributed by atoms with van der Waals surface area (Å²) in [7, 11) is 5.99. The van der Waals surface area contributed by atoms with Crippen molar-refractivity contribution in [2.45, 2.75) is 6.54 Å². The van der Waals surface area contributed by atoms with Gasteiger partial charge in [0.1, 0.15) is 0 Å². The summed E-state index contributed by atoms with van der Waals surface area (Å²) in [6.07, 6.45) is 0. The first kappa shape index (κ1) is 21.4. The number of ether oxygens (including phenoxy) is 4. The van der Waals surface area contributed by atoms with Gasteiger partial charge in [0.2, 0.25) is 5.75 Å². The summed E-state index contributed by atoms with van der Waals surface area (Å²) in [5.74, 6) is -0.0106. The van der Waals surface area contributed by atoms with Crippen molar-refractivity contribution in [2.24, 2.45) is 0 Å². The minimum atomic E-state index is -0.674. The average Bonchev–Trinajstić information content (AvgIpc) is 2.71. The van der Waals surface area contributed by atoms with Crippen molar-refractivity contribution in [2.75, 3.05) is 35.0 Å². The van der Waals surface area contributed by atoms with Gasteiger partial charge in [-0.2, -0.15) is 0 Å². The quantitative estimate of drug-likeness (QED) is 0.626. The van der Waals surface area contributed by atoms with Gasteiger partial charge in [-0.05, 0) is 29.8 Å². The van der Waals surface area contributed by atoms with Gasteiger partial charge in [-0.1, -0.05) is 23.7 Å². The summed E-state index contributed by atoms with van der Waals surface area (Å²) in [4.78, 5) is 26.1. The molecule has 0 heterocycles. The molecule has 0 spiro atoms. The fourth-order valence-corrected chi connectivity index (χ4v) is 2.60. The Bertz CT molecular complexity index is 812. The van der Waals surface area contributed by atoms with E-state index in [0.29, 0.717) is 28.8 Å². The van der Waals surface area contributed by atoms with Gasteiger partial charge in [0.15, 0.2) is 18.1 Å². The van der Waals surface area contributed by atoms with Gasteiger partial charge in [-0.3, -0.25) is 4.79 Å². The maximum absolute atomic E-state index is 12.3. The second-order valence-corrected chi connectivity index (χ2v) is 6.30. The molecule has 1 amide bonds. The van der Waals surface area contributed by atoms with E-state index in [9.17, 15) is 9.59 Å². The molecule has 7 nitrogen and oxygen atoms in total. The molecule has 8 heteroatoms. The SMILES string of the molecule is COc1cc(C(=O)OCC(=O)N(C)Cc2ccc(Cl)cc2)cc(OC)c1OC. The third-order valence-corrected chi connectivity index (χ3v) is 4.24. The van der Waals surface area contributed by atoms with Crippen molar-refractivity contribution in [3.05, 3.63) is 52.5 Å². The fraction of sp³-hybridized carbons (Fsp3) is 0.300. The number of amides is 1. The van der Waals surface area contributed by atoms with Crippen LogP contribution in [0.4, 0.5) is 0 Å². The van der Waals surface area contributed by atoms with Gasteiger partial charge < -0.3 is 23.8 Å². The molecular formula is C20H22ClNO6. The fourth-order valence-electron chi connectivity index (χ4n) is 2.47. The molecule has 0 fully saturated rings. The minimum absolute atomic E-state index is 0.183. The van der Waals surface area contributed by atoms with Crippen molar-refractivity contribution < 1.29 is 28.5 Å². The van der Waals surface area contributed by atoms with Crippen LogP contribution in [0.25, 0.3) is 0 Å². The van der Waals surface area contributed by atoms with Crippen LogP contribution in [-0.2, 0) is 16.1 Å². The van der Waals surface area contributed by atoms with Crippen LogP contribution >= 0.6 is 11.6 Å². The van der Waals surface area contributed by atoms with Crippen LogP contribution in [0.3, 0.4) is 0 Å². The lowest BCUT2D eigenvalue weighted by Gasteiger charge is -2.17. The van der Waals surface area contributed by atoms with Gasteiger partial charge in [-0.15, -0.1) is 0 Å². The molecular weight excluding hydrogens is 386 g/mol. The lowest BCUT2D eigenvalue weighted by Crippen LogP contribution is -2.30. The maximum Gasteiger partial charge on any atom is 0.338 e. The summed E-state index contributed by atoms with van der Waals surface area (Å²) in [6, 6.07) is 10.1. The molecule has 2 rings (SSSR count). The molecule has 0 aliphatic carbocycles. The van der Waals surface area contributed by atoms with E-state index in [4.69, 9.17) is 30.5 Å². The minimum Gasteiger partial charge on any atom is -0.493 e. The van der Waals surface area contributed by atoms with Crippen molar-refractivity contribution >= 4 is 23.5 Å². The molecule has 0 saturated heterocycles. The number of carbonyl (C=O) groups excluding carboxylic acids is 2. The van der Waals surface area contributed by atoms with Crippen molar-refractivity contribution in [3.63, 3.8) is 0 Å². The van der Waals surface area contributed by atoms with Crippen LogP contribution in [0.2, 0.25) is 5.02 Å². The van der Waals surface area contributed by atoms with E-state index in [0.717, 1.165) is 5.56 Å². The molecule has 0 radical (unpaired) electrons. The summed E-state index contributed by atoms with van der Waals surface area (Å²) in [5, 5.41) is 0.622. The zero-order valence-electron chi connectivity index (χ0n) is 16.2. The Balaban J connectivity index is 2.00. The Kier molecular flexibility index (Phi) is 7.52. The predicted octanol–water partition coefficient (Wildman–Crippen LogP) is 3.18. The van der Waals surface area contributed by atoms with Crippen LogP contribution in [0.15, 0.2) is 36.4 Å². The summed E-state index contributed by atoms with van der Waals surface area (Å²) >= 11 is 5.85. The van der Waals surface area contributed by atoms with Crippen LogP contribution in [0, 0.1) is 0 Å². The average molecular weight is 408 g/mol. The highest BCUT2D eigenvalue weighted by Crippen LogP contribution is 2.38. The van der Waals surface area contributed by atoms with E-state index in [-0.39, 0.29) is 18.1 Å². The highest BCUT2D eigenvalue weighted by Gasteiger charge is 2.19. The smallest absolute Gasteiger partial charge is 0.338 e. The normalized spacial score (nSPS) is 10.2. The van der Waals surface area contributed by atoms with Gasteiger partial charge in [0.25, 0.3) is 5.91 Å². The van der Waals surface area contributed by atoms with Crippen molar-refractivity contribution in [1.82, 2.24) is 4.90 Å². The number of nitrogens with zero attached hydrogens (tertiary/aromatic N) is 1. The highest BCUT2D eigenvalue weighted by atomic mass is 35.5. The van der Waals surface area contributed by atoms with E-state index >= 15 is 0 Å². The first-order valence-electron chi connectivity index (χ1n) is 8.35. The summed E-state index contributed by atoms with van der Waals surface area (Å²) < 4.78 is 20.8. The number of hydrogen-bond acceptors (Lipinski definition) is 6. The lowest BCUT2D eigenvalue weighted by molar-refractivity contribution is -0.133. The topological polar surface area (TPSA) is 74.3 Å². The van der Waals surface area contributed by atoms with Crippen LogP contribution in [0.1, 0.15) is 15.9 Å². The number of benzene rings is 2. The van der Waals surface area contributed by atoms with E-state index in [1.807, 2.05) is 12.1 Å². The molecule has 0 aromatic heterocycles. The van der Waals surface area contributed by atoms with E-state index in [1.54, 1.807) is 19.2 Å². The van der Waals surface area contributed by atoms with Gasteiger partial charge in [0, 0.05) is 18.6 Å². The first-order chi connectivity index (χ1) is 13.4. The zero-order valence-corrected chi connectivity index (χ0v) is 16.9. The van der Waals surface area contributed by atoms with Crippen LogP contribution in [0.5, 0.6) is 17.2 Å². The number of hydrogen-bond donors (Lipinski definition) is 0. The molecule has 28 heavy (non-hydrogen) atoms. The largest absolute Gasteiger partial charge is 0.493 e. The number of esters is 1. The van der Waals surface area contributed by atoms with E-state index in [2.05, 4.69) is 0 Å². The molecule has 0 saturated carbocycles. The third kappa shape index (κ3) is 5.29. The lowest BCUT2D eigenvalue weighted by atomic mass is 10.2. The molecule has 0 aliphatic rings. The van der Waals surface area contributed by atoms with Gasteiger partial charge >= 0.3 is 5.97 Å². The Morgan fingerprint density at radius 1 is 0.964 bits per heavy atom. The number of methoxy groups -OCH3 is 3. The number of likely N-dealkylation sites (N-methyl/N-ethyl adjacent to an activating group) is 1. The standard InChI is InChI=1S/C20H22ClNO6/c1-22(11-13-5-7-15(21)8-6-13)18(23)12-28-20(24)14-9-16(25-2)19(27-4)17(10-14)26-3/h5-10H,11-12H2,1-4H3. The van der Waals surface area contributed by atoms with E-state index < -0.39 is 5.97 Å². The molecule has 150 valence electrons. The molecule has 0 unspecified atom stereocenters. The Morgan fingerprint density at radius 2 is 1.54 bits per heavy atom. The molecule has 0 atom stereocenters. The Hall–Kier alpha value is -2.93. The molecule has 0 aliphatic heterocycles. The summed E-state index contributed by atoms with van der Waals surface area (Å²) in [6.45, 7) is -0.0166. The molecule has 2 aromatic carbocycles. The first-order valence-corrected chi connectivity index (χ1v) is 8.73. The number of halogens is 1. The third-order valence-electron chi connectivity index (χ3n) is 3.99. The summed E-state index contributed by atoms with van der Waals surface area (Å²) in [5.41, 5.74) is 1.10. The zero-order chi connectivity index (χ0) is 20.7. The van der Waals surface area contributed by atoms with Gasteiger partial charge in [-0.25, -0.2) is 4.79 Å². The Labute approximate surface area is 168 Å². The number of carbonyl (C=O) groups is 2. The van der Waals surface area contributed by atoms with Crippen LogP contribution in [-0.4, -0.2) is 51.8 Å². The second kappa shape index (κ2) is 9.85. The molecule has 2 aromatic rings. The van der Waals surface area contributed by atoms with Crippen LogP contribution < -0.4 is 14.2 Å². The van der Waals surface area contributed by atoms with Crippen molar-refractivity contribution in [3.8, 4) is 17.2 Å². The second-order valence-electron chi connectivity index (χ2n) is 5.87. The highest BCUT2D eigenvalue weighted by molar-refractivity contribution is 6.30. The maximum atomic E-state index is 12.3. The van der Waals surface area contributed by atoms with Gasteiger partial charge in [0.05, 0.1) is 26.9 Å².